The lowest BCUT2D eigenvalue weighted by molar-refractivity contribution is -0.135. The second-order valence-electron chi connectivity index (χ2n) is 1.77. The summed E-state index contributed by atoms with van der Waals surface area (Å²) < 4.78 is 0. The van der Waals surface area contributed by atoms with Crippen molar-refractivity contribution in [3.63, 3.8) is 0 Å². The third-order valence-corrected chi connectivity index (χ3v) is 0.214. The first-order chi connectivity index (χ1) is 6.59. The van der Waals surface area contributed by atoms with Crippen LogP contribution in [0.3, 0.4) is 0 Å². The van der Waals surface area contributed by atoms with Gasteiger partial charge in [0.2, 0.25) is 0 Å². The lowest BCUT2D eigenvalue weighted by atomic mass is 10.9. The highest BCUT2D eigenvalue weighted by atomic mass is 16.4. The van der Waals surface area contributed by atoms with Crippen LogP contribution in [-0.2, 0) is 9.59 Å². The standard InChI is InChI=1S/C2H3NO4.2C2H4O2/c4-1(5)3-2(6)7;2*1-2(3)4/h3H,(H,4,5)(H,6,7);2*1H3,(H,3,4). The Balaban J connectivity index is -0.000000155. The van der Waals surface area contributed by atoms with Crippen molar-refractivity contribution < 1.29 is 39.6 Å². The molecule has 0 rings (SSSR count). The van der Waals surface area contributed by atoms with Gasteiger partial charge in [0.1, 0.15) is 0 Å². The van der Waals surface area contributed by atoms with Crippen LogP contribution in [0.25, 0.3) is 0 Å². The van der Waals surface area contributed by atoms with Gasteiger partial charge in [0, 0.05) is 13.8 Å². The molecule has 2 amide bonds. The molecule has 9 nitrogen and oxygen atoms in total. The molecule has 0 bridgehead atoms. The lowest BCUT2D eigenvalue weighted by Crippen LogP contribution is -2.26. The van der Waals surface area contributed by atoms with E-state index in [1.165, 1.54) is 0 Å². The normalized spacial score (nSPS) is 6.80. The van der Waals surface area contributed by atoms with Crippen LogP contribution >= 0.6 is 0 Å². The molecule has 0 heterocycles. The number of carboxylic acid groups (broad SMARTS) is 4. The van der Waals surface area contributed by atoms with Crippen molar-refractivity contribution in [1.82, 2.24) is 5.32 Å². The SMILES string of the molecule is CC(=O)O.CC(=O)O.O=C(O)NC(=O)O. The smallest absolute Gasteiger partial charge is 0.414 e. The Hall–Kier alpha value is -2.32. The second-order valence-corrected chi connectivity index (χ2v) is 1.77. The van der Waals surface area contributed by atoms with Gasteiger partial charge in [-0.2, -0.15) is 0 Å². The van der Waals surface area contributed by atoms with Crippen LogP contribution in [0.2, 0.25) is 0 Å². The summed E-state index contributed by atoms with van der Waals surface area (Å²) in [4.78, 5) is 36.6. The summed E-state index contributed by atoms with van der Waals surface area (Å²) in [6.45, 7) is 2.17. The molecule has 0 aromatic rings. The molecule has 0 spiro atoms. The maximum absolute atomic E-state index is 9.32. The number of carbonyl (C=O) groups is 4. The molecule has 0 saturated carbocycles. The number of carboxylic acids is 2. The monoisotopic (exact) mass is 225 g/mol. The van der Waals surface area contributed by atoms with Gasteiger partial charge < -0.3 is 20.4 Å². The predicted octanol–water partition coefficient (Wildman–Crippen LogP) is 0.114. The number of amides is 2. The number of nitrogens with one attached hydrogen (secondary N) is 1. The first kappa shape index (κ1) is 18.5. The third-order valence-electron chi connectivity index (χ3n) is 0.214. The van der Waals surface area contributed by atoms with Crippen LogP contribution in [0, 0.1) is 0 Å². The largest absolute Gasteiger partial charge is 0.481 e. The van der Waals surface area contributed by atoms with E-state index in [0.717, 1.165) is 19.2 Å². The minimum absolute atomic E-state index is 0.833. The first-order valence-electron chi connectivity index (χ1n) is 3.21. The Labute approximate surface area is 83.9 Å². The van der Waals surface area contributed by atoms with Crippen LogP contribution in [0.5, 0.6) is 0 Å². The van der Waals surface area contributed by atoms with Gasteiger partial charge in [-0.3, -0.25) is 9.59 Å². The van der Waals surface area contributed by atoms with Crippen LogP contribution in [-0.4, -0.2) is 44.6 Å². The molecule has 0 saturated heterocycles. The van der Waals surface area contributed by atoms with Gasteiger partial charge in [-0.05, 0) is 0 Å². The Morgan fingerprint density at radius 3 is 0.867 bits per heavy atom. The van der Waals surface area contributed by atoms with Gasteiger partial charge in [-0.1, -0.05) is 0 Å². The van der Waals surface area contributed by atoms with E-state index in [-0.39, 0.29) is 0 Å². The van der Waals surface area contributed by atoms with Gasteiger partial charge in [0.25, 0.3) is 11.9 Å². The van der Waals surface area contributed by atoms with Gasteiger partial charge >= 0.3 is 12.2 Å². The van der Waals surface area contributed by atoms with Crippen molar-refractivity contribution in [1.29, 1.82) is 0 Å². The molecule has 0 aromatic heterocycles. The van der Waals surface area contributed by atoms with Crippen molar-refractivity contribution in [2.75, 3.05) is 0 Å². The molecule has 0 atom stereocenters. The van der Waals surface area contributed by atoms with E-state index in [4.69, 9.17) is 30.0 Å². The summed E-state index contributed by atoms with van der Waals surface area (Å²) in [7, 11) is 0. The summed E-state index contributed by atoms with van der Waals surface area (Å²) in [5, 5.41) is 31.2. The Morgan fingerprint density at radius 1 is 0.733 bits per heavy atom. The first-order valence-corrected chi connectivity index (χ1v) is 3.21. The number of imide groups is 1. The maximum atomic E-state index is 9.32. The van der Waals surface area contributed by atoms with Crippen molar-refractivity contribution in [2.24, 2.45) is 0 Å². The number of hydrogen-bond acceptors (Lipinski definition) is 4. The highest BCUT2D eigenvalue weighted by Crippen LogP contribution is 1.59. The summed E-state index contributed by atoms with van der Waals surface area (Å²) in [5.41, 5.74) is 0. The number of aliphatic carboxylic acids is 2. The Morgan fingerprint density at radius 2 is 0.867 bits per heavy atom. The zero-order valence-corrected chi connectivity index (χ0v) is 7.92. The predicted molar refractivity (Wildman–Crippen MR) is 45.8 cm³/mol. The summed E-state index contributed by atoms with van der Waals surface area (Å²) in [6, 6.07) is 0. The number of hydrogen-bond donors (Lipinski definition) is 5. The van der Waals surface area contributed by atoms with Crippen molar-refractivity contribution >= 4 is 24.1 Å². The van der Waals surface area contributed by atoms with E-state index in [9.17, 15) is 9.59 Å². The Bertz CT molecular complexity index is 203. The van der Waals surface area contributed by atoms with E-state index in [1.54, 1.807) is 0 Å². The molecule has 9 heteroatoms. The molecule has 0 aliphatic heterocycles. The fourth-order valence-electron chi connectivity index (χ4n) is 0.0915. The molecule has 0 aromatic carbocycles. The summed E-state index contributed by atoms with van der Waals surface area (Å²) in [6.07, 6.45) is -3.12. The van der Waals surface area contributed by atoms with Gasteiger partial charge in [-0.25, -0.2) is 14.9 Å². The fourth-order valence-corrected chi connectivity index (χ4v) is 0.0915. The quantitative estimate of drug-likeness (QED) is 0.388. The van der Waals surface area contributed by atoms with Crippen molar-refractivity contribution in [3.8, 4) is 0 Å². The van der Waals surface area contributed by atoms with E-state index in [2.05, 4.69) is 0 Å². The molecular formula is C6H11NO8. The zero-order chi connectivity index (χ0) is 13.0. The minimum atomic E-state index is -1.56. The summed E-state index contributed by atoms with van der Waals surface area (Å²) >= 11 is 0. The van der Waals surface area contributed by atoms with Crippen molar-refractivity contribution in [2.45, 2.75) is 13.8 Å². The van der Waals surface area contributed by atoms with E-state index >= 15 is 0 Å². The van der Waals surface area contributed by atoms with E-state index in [1.807, 2.05) is 0 Å². The average Bonchev–Trinajstić information content (AvgIpc) is 1.78. The molecule has 88 valence electrons. The van der Waals surface area contributed by atoms with E-state index < -0.39 is 24.1 Å². The molecule has 0 aliphatic rings. The molecule has 0 unspecified atom stereocenters. The minimum Gasteiger partial charge on any atom is -0.481 e. The second kappa shape index (κ2) is 11.7. The lowest BCUT2D eigenvalue weighted by Gasteiger charge is -1.85. The van der Waals surface area contributed by atoms with Gasteiger partial charge in [0.05, 0.1) is 0 Å². The molecule has 15 heavy (non-hydrogen) atoms. The maximum Gasteiger partial charge on any atom is 0.414 e. The number of rotatable bonds is 0. The van der Waals surface area contributed by atoms with Gasteiger partial charge in [-0.15, -0.1) is 0 Å². The third kappa shape index (κ3) is 388. The van der Waals surface area contributed by atoms with Crippen LogP contribution < -0.4 is 5.32 Å². The topological polar surface area (TPSA) is 161 Å². The highest BCUT2D eigenvalue weighted by Gasteiger charge is 1.97. The fraction of sp³-hybridized carbons (Fsp3) is 0.333. The summed E-state index contributed by atoms with van der Waals surface area (Å²) in [5.74, 6) is -1.67. The Kier molecular flexibility index (Phi) is 14.4. The average molecular weight is 225 g/mol. The molecule has 0 fully saturated rings. The van der Waals surface area contributed by atoms with Crippen LogP contribution in [0.4, 0.5) is 9.59 Å². The highest BCUT2D eigenvalue weighted by molar-refractivity contribution is 5.84. The molecule has 0 radical (unpaired) electrons. The molecule has 5 N–H and O–H groups in total. The van der Waals surface area contributed by atoms with Gasteiger partial charge in [0.15, 0.2) is 0 Å². The molecule has 0 aliphatic carbocycles. The van der Waals surface area contributed by atoms with Crippen molar-refractivity contribution in [3.05, 3.63) is 0 Å². The zero-order valence-electron chi connectivity index (χ0n) is 7.92. The van der Waals surface area contributed by atoms with Crippen LogP contribution in [0.15, 0.2) is 0 Å². The van der Waals surface area contributed by atoms with Crippen LogP contribution in [0.1, 0.15) is 13.8 Å². The van der Waals surface area contributed by atoms with E-state index in [0.29, 0.717) is 0 Å². The molecular weight excluding hydrogens is 214 g/mol.